The zero-order valence-electron chi connectivity index (χ0n) is 10.6. The highest BCUT2D eigenvalue weighted by molar-refractivity contribution is 5.51. The zero-order chi connectivity index (χ0) is 13.8. The minimum Gasteiger partial charge on any atom is -0.406 e. The second-order valence-electron chi connectivity index (χ2n) is 4.01. The molecule has 0 aliphatic heterocycles. The Bertz CT molecular complexity index is 538. The second-order valence-corrected chi connectivity index (χ2v) is 4.01. The third-order valence-electron chi connectivity index (χ3n) is 2.44. The molecule has 0 saturated heterocycles. The van der Waals surface area contributed by atoms with Gasteiger partial charge in [-0.1, -0.05) is 12.0 Å². The first-order valence-corrected chi connectivity index (χ1v) is 5.88. The Labute approximate surface area is 109 Å². The van der Waals surface area contributed by atoms with Gasteiger partial charge in [0.1, 0.15) is 11.6 Å². The van der Waals surface area contributed by atoms with E-state index in [2.05, 4.69) is 20.8 Å². The molecule has 1 unspecified atom stereocenters. The van der Waals surface area contributed by atoms with E-state index in [0.29, 0.717) is 5.89 Å². The first-order valence-electron chi connectivity index (χ1n) is 5.88. The van der Waals surface area contributed by atoms with Gasteiger partial charge in [0.05, 0.1) is 6.04 Å². The molecule has 0 amide bonds. The van der Waals surface area contributed by atoms with Crippen LogP contribution in [0.2, 0.25) is 0 Å². The summed E-state index contributed by atoms with van der Waals surface area (Å²) >= 11 is 0. The van der Waals surface area contributed by atoms with Crippen LogP contribution in [0.5, 0.6) is 0 Å². The molecule has 0 spiro atoms. The summed E-state index contributed by atoms with van der Waals surface area (Å²) in [5.74, 6) is -0.951. The fraction of sp³-hybridized carbons (Fsp3) is 0.333. The van der Waals surface area contributed by atoms with E-state index in [4.69, 9.17) is 4.42 Å². The van der Waals surface area contributed by atoms with E-state index in [9.17, 15) is 8.78 Å². The number of anilines is 2. The minimum atomic E-state index is -0.678. The van der Waals surface area contributed by atoms with Crippen molar-refractivity contribution in [1.82, 2.24) is 15.5 Å². The maximum Gasteiger partial charge on any atom is 0.320 e. The van der Waals surface area contributed by atoms with Gasteiger partial charge < -0.3 is 15.1 Å². The van der Waals surface area contributed by atoms with Gasteiger partial charge in [-0.3, -0.25) is 0 Å². The summed E-state index contributed by atoms with van der Waals surface area (Å²) in [4.78, 5) is 0. The predicted octanol–water partition coefficient (Wildman–Crippen LogP) is 2.76. The maximum atomic E-state index is 13.0. The smallest absolute Gasteiger partial charge is 0.320 e. The van der Waals surface area contributed by atoms with Gasteiger partial charge >= 0.3 is 6.01 Å². The van der Waals surface area contributed by atoms with Crippen molar-refractivity contribution in [3.63, 3.8) is 0 Å². The van der Waals surface area contributed by atoms with Crippen LogP contribution in [-0.4, -0.2) is 16.7 Å². The predicted molar refractivity (Wildman–Crippen MR) is 66.0 cm³/mol. The molecule has 19 heavy (non-hydrogen) atoms. The normalized spacial score (nSPS) is 12.4. The summed E-state index contributed by atoms with van der Waals surface area (Å²) in [7, 11) is 0. The summed E-state index contributed by atoms with van der Waals surface area (Å²) < 4.78 is 31.4. The molecule has 7 heteroatoms. The first-order chi connectivity index (χ1) is 9.08. The molecule has 0 radical (unpaired) electrons. The Morgan fingerprint density at radius 3 is 2.53 bits per heavy atom. The number of aromatic nitrogens is 2. The molecule has 2 rings (SSSR count). The number of nitrogens with zero attached hydrogens (tertiary/aromatic N) is 2. The van der Waals surface area contributed by atoms with Crippen LogP contribution in [0.15, 0.2) is 22.6 Å². The zero-order valence-corrected chi connectivity index (χ0v) is 10.6. The molecule has 0 aliphatic rings. The number of hydrogen-bond donors (Lipinski definition) is 2. The van der Waals surface area contributed by atoms with Crippen molar-refractivity contribution in [1.29, 1.82) is 0 Å². The lowest BCUT2D eigenvalue weighted by Gasteiger charge is -2.06. The fourth-order valence-corrected chi connectivity index (χ4v) is 1.60. The van der Waals surface area contributed by atoms with Gasteiger partial charge in [-0.15, -0.1) is 5.10 Å². The van der Waals surface area contributed by atoms with Gasteiger partial charge in [-0.05, 0) is 25.6 Å². The highest BCUT2D eigenvalue weighted by Gasteiger charge is 2.13. The Hall–Kier alpha value is -2.02. The van der Waals surface area contributed by atoms with Crippen molar-refractivity contribution in [3.05, 3.63) is 35.7 Å². The van der Waals surface area contributed by atoms with Crippen LogP contribution >= 0.6 is 0 Å². The SMILES string of the molecule is CCNC(C)c1nnc(Nc2cc(F)cc(F)c2)o1. The number of benzene rings is 1. The molecule has 2 N–H and O–H groups in total. The first kappa shape index (κ1) is 13.4. The third-order valence-corrected chi connectivity index (χ3v) is 2.44. The largest absolute Gasteiger partial charge is 0.406 e. The molecule has 0 saturated carbocycles. The van der Waals surface area contributed by atoms with Gasteiger partial charge in [0.2, 0.25) is 5.89 Å². The lowest BCUT2D eigenvalue weighted by Crippen LogP contribution is -2.17. The molecule has 102 valence electrons. The van der Waals surface area contributed by atoms with Gasteiger partial charge in [-0.2, -0.15) is 0 Å². The molecule has 1 heterocycles. The summed E-state index contributed by atoms with van der Waals surface area (Å²) in [6.45, 7) is 4.60. The lowest BCUT2D eigenvalue weighted by atomic mass is 10.3. The van der Waals surface area contributed by atoms with Gasteiger partial charge in [0.25, 0.3) is 0 Å². The second kappa shape index (κ2) is 5.75. The average molecular weight is 268 g/mol. The number of rotatable bonds is 5. The van der Waals surface area contributed by atoms with E-state index in [1.54, 1.807) is 0 Å². The summed E-state index contributed by atoms with van der Waals surface area (Å²) in [6, 6.07) is 3.07. The van der Waals surface area contributed by atoms with Crippen molar-refractivity contribution >= 4 is 11.7 Å². The van der Waals surface area contributed by atoms with Crippen LogP contribution in [0.25, 0.3) is 0 Å². The van der Waals surface area contributed by atoms with E-state index in [0.717, 1.165) is 24.7 Å². The Balaban J connectivity index is 2.11. The number of nitrogens with one attached hydrogen (secondary N) is 2. The lowest BCUT2D eigenvalue weighted by molar-refractivity contribution is 0.430. The quantitative estimate of drug-likeness (QED) is 0.873. The van der Waals surface area contributed by atoms with Crippen LogP contribution in [-0.2, 0) is 0 Å². The third kappa shape index (κ3) is 3.47. The van der Waals surface area contributed by atoms with Gasteiger partial charge in [0, 0.05) is 11.8 Å². The highest BCUT2D eigenvalue weighted by atomic mass is 19.1. The monoisotopic (exact) mass is 268 g/mol. The van der Waals surface area contributed by atoms with E-state index >= 15 is 0 Å². The number of hydrogen-bond acceptors (Lipinski definition) is 5. The molecule has 2 aromatic rings. The molecule has 1 aromatic heterocycles. The summed E-state index contributed by atoms with van der Waals surface area (Å²) in [5, 5.41) is 13.4. The Morgan fingerprint density at radius 2 is 1.89 bits per heavy atom. The van der Waals surface area contributed by atoms with Crippen molar-refractivity contribution in [3.8, 4) is 0 Å². The molecule has 0 bridgehead atoms. The standard InChI is InChI=1S/C12H14F2N4O/c1-3-15-7(2)11-17-18-12(19-11)16-10-5-8(13)4-9(14)6-10/h4-7,15H,3H2,1-2H3,(H,16,18). The molecule has 5 nitrogen and oxygen atoms in total. The van der Waals surface area contributed by atoms with Crippen LogP contribution in [0.3, 0.4) is 0 Å². The Morgan fingerprint density at radius 1 is 1.21 bits per heavy atom. The van der Waals surface area contributed by atoms with Crippen LogP contribution in [0.1, 0.15) is 25.8 Å². The number of halogens is 2. The summed E-state index contributed by atoms with van der Waals surface area (Å²) in [5.41, 5.74) is 0.212. The maximum absolute atomic E-state index is 13.0. The van der Waals surface area contributed by atoms with E-state index in [1.165, 1.54) is 0 Å². The van der Waals surface area contributed by atoms with Gasteiger partial charge in [-0.25, -0.2) is 8.78 Å². The molecular weight excluding hydrogens is 254 g/mol. The fourth-order valence-electron chi connectivity index (χ4n) is 1.60. The summed E-state index contributed by atoms with van der Waals surface area (Å²) in [6.07, 6.45) is 0. The van der Waals surface area contributed by atoms with Crippen LogP contribution in [0, 0.1) is 11.6 Å². The molecule has 1 atom stereocenters. The van der Waals surface area contributed by atoms with Crippen LogP contribution < -0.4 is 10.6 Å². The molecule has 1 aromatic carbocycles. The minimum absolute atomic E-state index is 0.0858. The van der Waals surface area contributed by atoms with Crippen LogP contribution in [0.4, 0.5) is 20.5 Å². The molecular formula is C12H14F2N4O. The van der Waals surface area contributed by atoms with Crippen molar-refractivity contribution in [2.45, 2.75) is 19.9 Å². The topological polar surface area (TPSA) is 63.0 Å². The Kier molecular flexibility index (Phi) is 4.06. The van der Waals surface area contributed by atoms with Crippen molar-refractivity contribution in [2.24, 2.45) is 0 Å². The van der Waals surface area contributed by atoms with E-state index < -0.39 is 11.6 Å². The van der Waals surface area contributed by atoms with Crippen molar-refractivity contribution < 1.29 is 13.2 Å². The molecule has 0 aliphatic carbocycles. The highest BCUT2D eigenvalue weighted by Crippen LogP contribution is 2.19. The van der Waals surface area contributed by atoms with E-state index in [-0.39, 0.29) is 17.7 Å². The van der Waals surface area contributed by atoms with Crippen molar-refractivity contribution in [2.75, 3.05) is 11.9 Å². The molecule has 0 fully saturated rings. The average Bonchev–Trinajstić information content (AvgIpc) is 2.76. The van der Waals surface area contributed by atoms with E-state index in [1.807, 2.05) is 13.8 Å². The van der Waals surface area contributed by atoms with Gasteiger partial charge in [0.15, 0.2) is 0 Å².